The molecule has 1 atom stereocenters. The summed E-state index contributed by atoms with van der Waals surface area (Å²) in [5.41, 5.74) is 4.38. The number of aromatic nitrogens is 4. The standard InChI is InChI=1S/C18H17N5O/c1-12-2-4-15-13(8-12)3-5-16(15)22-18(24)14-6-7-20-17(9-14)23-11-19-10-21-23/h2,4,6-11,16H,3,5H2,1H3,(H,22,24)/t16-/m1/s1. The molecule has 1 amide bonds. The Kier molecular flexibility index (Phi) is 3.57. The second kappa shape index (κ2) is 5.88. The van der Waals surface area contributed by atoms with Crippen LogP contribution >= 0.6 is 0 Å². The third-order valence-corrected chi connectivity index (χ3v) is 4.34. The fourth-order valence-electron chi connectivity index (χ4n) is 3.15. The predicted molar refractivity (Wildman–Crippen MR) is 88.9 cm³/mol. The lowest BCUT2D eigenvalue weighted by Gasteiger charge is -2.14. The van der Waals surface area contributed by atoms with E-state index < -0.39 is 0 Å². The van der Waals surface area contributed by atoms with Gasteiger partial charge in [-0.2, -0.15) is 5.10 Å². The quantitative estimate of drug-likeness (QED) is 0.804. The van der Waals surface area contributed by atoms with Crippen molar-refractivity contribution in [2.75, 3.05) is 0 Å². The average molecular weight is 319 g/mol. The molecule has 3 aromatic rings. The summed E-state index contributed by atoms with van der Waals surface area (Å²) in [6.45, 7) is 2.09. The summed E-state index contributed by atoms with van der Waals surface area (Å²) in [6, 6.07) is 9.91. The molecule has 6 heteroatoms. The maximum atomic E-state index is 12.6. The van der Waals surface area contributed by atoms with E-state index in [4.69, 9.17) is 0 Å². The Hall–Kier alpha value is -3.02. The summed E-state index contributed by atoms with van der Waals surface area (Å²) in [4.78, 5) is 20.7. The molecule has 120 valence electrons. The van der Waals surface area contributed by atoms with E-state index in [2.05, 4.69) is 45.5 Å². The summed E-state index contributed by atoms with van der Waals surface area (Å²) in [6.07, 6.45) is 6.54. The minimum Gasteiger partial charge on any atom is -0.345 e. The number of amides is 1. The molecule has 1 N–H and O–H groups in total. The Bertz CT molecular complexity index is 888. The van der Waals surface area contributed by atoms with Crippen molar-refractivity contribution in [1.82, 2.24) is 25.1 Å². The summed E-state index contributed by atoms with van der Waals surface area (Å²) in [5, 5.41) is 7.17. The van der Waals surface area contributed by atoms with Crippen LogP contribution in [0.4, 0.5) is 0 Å². The molecule has 1 aliphatic carbocycles. The van der Waals surface area contributed by atoms with Gasteiger partial charge in [0.25, 0.3) is 5.91 Å². The predicted octanol–water partition coefficient (Wildman–Crippen LogP) is 2.39. The van der Waals surface area contributed by atoms with E-state index in [1.54, 1.807) is 24.7 Å². The van der Waals surface area contributed by atoms with Crippen LogP contribution in [0.5, 0.6) is 0 Å². The van der Waals surface area contributed by atoms with Crippen LogP contribution in [-0.2, 0) is 6.42 Å². The highest BCUT2D eigenvalue weighted by Crippen LogP contribution is 2.31. The first kappa shape index (κ1) is 14.6. The lowest BCUT2D eigenvalue weighted by Crippen LogP contribution is -2.27. The molecule has 2 aromatic heterocycles. The summed E-state index contributed by atoms with van der Waals surface area (Å²) >= 11 is 0. The topological polar surface area (TPSA) is 72.7 Å². The van der Waals surface area contributed by atoms with Crippen molar-refractivity contribution in [1.29, 1.82) is 0 Å². The number of carbonyl (C=O) groups is 1. The first-order valence-electron chi connectivity index (χ1n) is 7.92. The molecule has 24 heavy (non-hydrogen) atoms. The van der Waals surface area contributed by atoms with Crippen molar-refractivity contribution >= 4 is 5.91 Å². The number of nitrogens with one attached hydrogen (secondary N) is 1. The molecule has 6 nitrogen and oxygen atoms in total. The third-order valence-electron chi connectivity index (χ3n) is 4.34. The van der Waals surface area contributed by atoms with Crippen LogP contribution < -0.4 is 5.32 Å². The Morgan fingerprint density at radius 1 is 1.29 bits per heavy atom. The third kappa shape index (κ3) is 2.67. The summed E-state index contributed by atoms with van der Waals surface area (Å²) < 4.78 is 1.53. The van der Waals surface area contributed by atoms with Crippen LogP contribution in [-0.4, -0.2) is 25.7 Å². The van der Waals surface area contributed by atoms with Gasteiger partial charge in [0.05, 0.1) is 6.04 Å². The van der Waals surface area contributed by atoms with Crippen LogP contribution in [0.3, 0.4) is 0 Å². The molecule has 0 saturated carbocycles. The Morgan fingerprint density at radius 2 is 2.21 bits per heavy atom. The monoisotopic (exact) mass is 319 g/mol. The van der Waals surface area contributed by atoms with E-state index in [9.17, 15) is 4.79 Å². The molecular formula is C18H17N5O. The number of benzene rings is 1. The zero-order valence-electron chi connectivity index (χ0n) is 13.3. The summed E-state index contributed by atoms with van der Waals surface area (Å²) in [7, 11) is 0. The number of hydrogen-bond acceptors (Lipinski definition) is 4. The fraction of sp³-hybridized carbons (Fsp3) is 0.222. The van der Waals surface area contributed by atoms with Gasteiger partial charge in [-0.05, 0) is 43.0 Å². The van der Waals surface area contributed by atoms with Gasteiger partial charge in [-0.25, -0.2) is 14.6 Å². The first-order valence-corrected chi connectivity index (χ1v) is 7.92. The van der Waals surface area contributed by atoms with Gasteiger partial charge >= 0.3 is 0 Å². The highest BCUT2D eigenvalue weighted by molar-refractivity contribution is 5.94. The van der Waals surface area contributed by atoms with Gasteiger partial charge in [-0.15, -0.1) is 0 Å². The highest BCUT2D eigenvalue weighted by Gasteiger charge is 2.24. The zero-order chi connectivity index (χ0) is 16.5. The molecule has 0 fully saturated rings. The lowest BCUT2D eigenvalue weighted by molar-refractivity contribution is 0.0936. The molecule has 1 aromatic carbocycles. The number of nitrogens with zero attached hydrogens (tertiary/aromatic N) is 4. The molecule has 0 aliphatic heterocycles. The van der Waals surface area contributed by atoms with Crippen LogP contribution in [0.25, 0.3) is 5.82 Å². The normalized spacial score (nSPS) is 16.0. The maximum absolute atomic E-state index is 12.6. The van der Waals surface area contributed by atoms with Crippen molar-refractivity contribution in [2.45, 2.75) is 25.8 Å². The van der Waals surface area contributed by atoms with Crippen molar-refractivity contribution < 1.29 is 4.79 Å². The molecule has 4 rings (SSSR count). The minimum atomic E-state index is -0.0998. The van der Waals surface area contributed by atoms with Crippen molar-refractivity contribution in [3.63, 3.8) is 0 Å². The molecular weight excluding hydrogens is 302 g/mol. The lowest BCUT2D eigenvalue weighted by atomic mass is 10.1. The molecule has 0 bridgehead atoms. The fourth-order valence-corrected chi connectivity index (χ4v) is 3.15. The maximum Gasteiger partial charge on any atom is 0.251 e. The number of hydrogen-bond donors (Lipinski definition) is 1. The average Bonchev–Trinajstić information content (AvgIpc) is 3.25. The van der Waals surface area contributed by atoms with E-state index in [1.807, 2.05) is 0 Å². The molecule has 0 saturated heterocycles. The van der Waals surface area contributed by atoms with E-state index in [-0.39, 0.29) is 11.9 Å². The first-order chi connectivity index (χ1) is 11.7. The van der Waals surface area contributed by atoms with Crippen LogP contribution in [0.15, 0.2) is 49.2 Å². The summed E-state index contributed by atoms with van der Waals surface area (Å²) in [5.74, 6) is 0.472. The van der Waals surface area contributed by atoms with Crippen LogP contribution in [0.2, 0.25) is 0 Å². The van der Waals surface area contributed by atoms with E-state index >= 15 is 0 Å². The van der Waals surface area contributed by atoms with E-state index in [1.165, 1.54) is 27.7 Å². The molecule has 0 unspecified atom stereocenters. The van der Waals surface area contributed by atoms with Gasteiger partial charge in [0.15, 0.2) is 5.82 Å². The van der Waals surface area contributed by atoms with E-state index in [0.717, 1.165) is 12.8 Å². The number of carbonyl (C=O) groups excluding carboxylic acids is 1. The second-order valence-electron chi connectivity index (χ2n) is 6.01. The van der Waals surface area contributed by atoms with Crippen LogP contribution in [0, 0.1) is 6.92 Å². The molecule has 1 aliphatic rings. The number of fused-ring (bicyclic) bond motifs is 1. The highest BCUT2D eigenvalue weighted by atomic mass is 16.1. The Morgan fingerprint density at radius 3 is 3.04 bits per heavy atom. The van der Waals surface area contributed by atoms with Gasteiger partial charge < -0.3 is 5.32 Å². The van der Waals surface area contributed by atoms with E-state index in [0.29, 0.717) is 11.4 Å². The van der Waals surface area contributed by atoms with Crippen molar-refractivity contribution in [3.8, 4) is 5.82 Å². The largest absolute Gasteiger partial charge is 0.345 e. The SMILES string of the molecule is Cc1ccc2c(c1)CC[C@H]2NC(=O)c1ccnc(-n2cncn2)c1. The smallest absolute Gasteiger partial charge is 0.251 e. The number of rotatable bonds is 3. The molecule has 0 spiro atoms. The van der Waals surface area contributed by atoms with Gasteiger partial charge in [0, 0.05) is 11.8 Å². The van der Waals surface area contributed by atoms with Crippen molar-refractivity contribution in [2.24, 2.45) is 0 Å². The van der Waals surface area contributed by atoms with Gasteiger partial charge in [-0.1, -0.05) is 23.8 Å². The van der Waals surface area contributed by atoms with Gasteiger partial charge in [0.1, 0.15) is 12.7 Å². The molecule has 2 heterocycles. The van der Waals surface area contributed by atoms with Gasteiger partial charge in [0.2, 0.25) is 0 Å². The number of aryl methyl sites for hydroxylation is 2. The van der Waals surface area contributed by atoms with Gasteiger partial charge in [-0.3, -0.25) is 4.79 Å². The number of pyridine rings is 1. The molecule has 0 radical (unpaired) electrons. The minimum absolute atomic E-state index is 0.0658. The second-order valence-corrected chi connectivity index (χ2v) is 6.01. The van der Waals surface area contributed by atoms with Crippen LogP contribution in [0.1, 0.15) is 39.5 Å². The zero-order valence-corrected chi connectivity index (χ0v) is 13.3. The van der Waals surface area contributed by atoms with Crippen molar-refractivity contribution in [3.05, 3.63) is 71.4 Å². The Balaban J connectivity index is 1.55. The Labute approximate surface area is 139 Å².